The lowest BCUT2D eigenvalue weighted by Crippen LogP contribution is -2.34. The summed E-state index contributed by atoms with van der Waals surface area (Å²) < 4.78 is 41.2. The predicted molar refractivity (Wildman–Crippen MR) is 91.9 cm³/mol. The number of carbonyl (C=O) groups is 1. The predicted octanol–water partition coefficient (Wildman–Crippen LogP) is 4.21. The number of amides is 1. The first-order valence-corrected chi connectivity index (χ1v) is 9.81. The standard InChI is InChI=1S/C18H20F3N3OS/c19-18(20,21)17-12-5-1-2-6-13(12)24(22-17)11-16(25)23-9-3-7-14(23)15-8-4-10-26-15/h4,8,10,14H,1-3,5-7,9,11H2/t14-/m0/s1. The number of rotatable bonds is 3. The Morgan fingerprint density at radius 1 is 1.27 bits per heavy atom. The van der Waals surface area contributed by atoms with Gasteiger partial charge in [-0.3, -0.25) is 9.48 Å². The molecule has 8 heteroatoms. The third-order valence-electron chi connectivity index (χ3n) is 5.26. The van der Waals surface area contributed by atoms with Gasteiger partial charge in [0, 0.05) is 22.7 Å². The Balaban J connectivity index is 1.59. The van der Waals surface area contributed by atoms with Crippen LogP contribution in [0, 0.1) is 0 Å². The zero-order valence-electron chi connectivity index (χ0n) is 14.3. The maximum absolute atomic E-state index is 13.3. The number of likely N-dealkylation sites (tertiary alicyclic amines) is 1. The van der Waals surface area contributed by atoms with Gasteiger partial charge in [0.2, 0.25) is 5.91 Å². The molecule has 0 aromatic carbocycles. The van der Waals surface area contributed by atoms with E-state index in [1.54, 1.807) is 16.2 Å². The maximum Gasteiger partial charge on any atom is 0.435 e. The van der Waals surface area contributed by atoms with Crippen molar-refractivity contribution >= 4 is 17.2 Å². The minimum Gasteiger partial charge on any atom is -0.333 e. The van der Waals surface area contributed by atoms with Crippen LogP contribution in [0.15, 0.2) is 17.5 Å². The third-order valence-corrected chi connectivity index (χ3v) is 6.23. The molecule has 1 atom stereocenters. The molecular weight excluding hydrogens is 363 g/mol. The summed E-state index contributed by atoms with van der Waals surface area (Å²) in [4.78, 5) is 15.8. The average molecular weight is 383 g/mol. The van der Waals surface area contributed by atoms with Crippen LogP contribution in [0.25, 0.3) is 0 Å². The van der Waals surface area contributed by atoms with Crippen LogP contribution in [0.1, 0.15) is 53.6 Å². The quantitative estimate of drug-likeness (QED) is 0.797. The fourth-order valence-corrected chi connectivity index (χ4v) is 4.96. The third kappa shape index (κ3) is 3.15. The van der Waals surface area contributed by atoms with E-state index in [1.807, 2.05) is 17.5 Å². The summed E-state index contributed by atoms with van der Waals surface area (Å²) in [6.45, 7) is 0.539. The van der Waals surface area contributed by atoms with Crippen LogP contribution in [0.4, 0.5) is 13.2 Å². The van der Waals surface area contributed by atoms with Crippen molar-refractivity contribution in [3.8, 4) is 0 Å². The van der Waals surface area contributed by atoms with Crippen molar-refractivity contribution < 1.29 is 18.0 Å². The summed E-state index contributed by atoms with van der Waals surface area (Å²) in [6.07, 6.45) is -0.132. The largest absolute Gasteiger partial charge is 0.435 e. The van der Waals surface area contributed by atoms with E-state index in [0.717, 1.165) is 30.6 Å². The minimum atomic E-state index is -4.47. The van der Waals surface area contributed by atoms with Gasteiger partial charge in [-0.25, -0.2) is 0 Å². The van der Waals surface area contributed by atoms with Gasteiger partial charge in [0.05, 0.1) is 6.04 Å². The molecule has 4 nitrogen and oxygen atoms in total. The van der Waals surface area contributed by atoms with E-state index < -0.39 is 11.9 Å². The van der Waals surface area contributed by atoms with E-state index >= 15 is 0 Å². The second-order valence-electron chi connectivity index (χ2n) is 6.90. The topological polar surface area (TPSA) is 38.1 Å². The first-order valence-electron chi connectivity index (χ1n) is 8.94. The molecule has 2 aliphatic rings. The number of hydrogen-bond donors (Lipinski definition) is 0. The number of halogens is 3. The van der Waals surface area contributed by atoms with Gasteiger partial charge >= 0.3 is 6.18 Å². The van der Waals surface area contributed by atoms with E-state index in [-0.39, 0.29) is 24.1 Å². The van der Waals surface area contributed by atoms with Crippen LogP contribution in [-0.2, 0) is 30.4 Å². The van der Waals surface area contributed by atoms with Crippen molar-refractivity contribution in [3.05, 3.63) is 39.3 Å². The molecule has 2 aromatic rings. The van der Waals surface area contributed by atoms with E-state index in [4.69, 9.17) is 0 Å². The van der Waals surface area contributed by atoms with Gasteiger partial charge in [-0.1, -0.05) is 6.07 Å². The number of hydrogen-bond acceptors (Lipinski definition) is 3. The Morgan fingerprint density at radius 2 is 2.08 bits per heavy atom. The average Bonchev–Trinajstić information content (AvgIpc) is 3.33. The van der Waals surface area contributed by atoms with Crippen LogP contribution in [-0.4, -0.2) is 27.1 Å². The highest BCUT2D eigenvalue weighted by Crippen LogP contribution is 2.37. The summed E-state index contributed by atoms with van der Waals surface area (Å²) in [5.41, 5.74) is 0.0628. The summed E-state index contributed by atoms with van der Waals surface area (Å²) in [6, 6.07) is 4.01. The Hall–Kier alpha value is -1.83. The van der Waals surface area contributed by atoms with E-state index in [9.17, 15) is 18.0 Å². The number of aromatic nitrogens is 2. The second kappa shape index (κ2) is 6.72. The molecule has 0 spiro atoms. The first kappa shape index (κ1) is 17.6. The molecule has 1 amide bonds. The number of nitrogens with zero attached hydrogens (tertiary/aromatic N) is 3. The van der Waals surface area contributed by atoms with Gasteiger partial charge in [0.15, 0.2) is 5.69 Å². The number of fused-ring (bicyclic) bond motifs is 1. The van der Waals surface area contributed by atoms with Crippen molar-refractivity contribution in [2.75, 3.05) is 6.54 Å². The fourth-order valence-electron chi connectivity index (χ4n) is 4.09. The van der Waals surface area contributed by atoms with Gasteiger partial charge in [0.25, 0.3) is 0 Å². The molecule has 1 fully saturated rings. The molecule has 4 rings (SSSR count). The molecule has 0 radical (unpaired) electrons. The normalized spacial score (nSPS) is 20.4. The molecule has 0 saturated carbocycles. The van der Waals surface area contributed by atoms with Gasteiger partial charge in [-0.05, 0) is 50.0 Å². The van der Waals surface area contributed by atoms with E-state index in [2.05, 4.69) is 5.10 Å². The molecule has 0 unspecified atom stereocenters. The van der Waals surface area contributed by atoms with Crippen LogP contribution < -0.4 is 0 Å². The Labute approximate surface area is 153 Å². The maximum atomic E-state index is 13.3. The number of carbonyl (C=O) groups excluding carboxylic acids is 1. The molecule has 2 aromatic heterocycles. The summed E-state index contributed by atoms with van der Waals surface area (Å²) >= 11 is 1.61. The Morgan fingerprint density at radius 3 is 2.81 bits per heavy atom. The summed E-state index contributed by atoms with van der Waals surface area (Å²) in [5.74, 6) is -0.148. The molecule has 0 N–H and O–H groups in total. The number of thiophene rings is 1. The van der Waals surface area contributed by atoms with Crippen LogP contribution in [0.5, 0.6) is 0 Å². The van der Waals surface area contributed by atoms with Crippen LogP contribution in [0.3, 0.4) is 0 Å². The monoisotopic (exact) mass is 383 g/mol. The molecular formula is C18H20F3N3OS. The second-order valence-corrected chi connectivity index (χ2v) is 7.88. The molecule has 1 aliphatic heterocycles. The highest BCUT2D eigenvalue weighted by Gasteiger charge is 2.40. The van der Waals surface area contributed by atoms with Crippen molar-refractivity contribution in [1.29, 1.82) is 0 Å². The van der Waals surface area contributed by atoms with Crippen molar-refractivity contribution in [3.63, 3.8) is 0 Å². The van der Waals surface area contributed by atoms with Crippen molar-refractivity contribution in [1.82, 2.24) is 14.7 Å². The van der Waals surface area contributed by atoms with E-state index in [0.29, 0.717) is 25.1 Å². The minimum absolute atomic E-state index is 0.0379. The summed E-state index contributed by atoms with van der Waals surface area (Å²) in [5, 5.41) is 5.79. The zero-order chi connectivity index (χ0) is 18.3. The molecule has 1 saturated heterocycles. The van der Waals surface area contributed by atoms with Gasteiger partial charge in [-0.15, -0.1) is 11.3 Å². The highest BCUT2D eigenvalue weighted by atomic mass is 32.1. The fraction of sp³-hybridized carbons (Fsp3) is 0.556. The zero-order valence-corrected chi connectivity index (χ0v) is 15.1. The lowest BCUT2D eigenvalue weighted by Gasteiger charge is -2.24. The van der Waals surface area contributed by atoms with Crippen LogP contribution in [0.2, 0.25) is 0 Å². The lowest BCUT2D eigenvalue weighted by molar-refractivity contribution is -0.142. The van der Waals surface area contributed by atoms with Crippen molar-refractivity contribution in [2.24, 2.45) is 0 Å². The lowest BCUT2D eigenvalue weighted by atomic mass is 9.95. The smallest absolute Gasteiger partial charge is 0.333 e. The summed E-state index contributed by atoms with van der Waals surface area (Å²) in [7, 11) is 0. The molecule has 140 valence electrons. The highest BCUT2D eigenvalue weighted by molar-refractivity contribution is 7.10. The van der Waals surface area contributed by atoms with Crippen LogP contribution >= 0.6 is 11.3 Å². The van der Waals surface area contributed by atoms with Crippen molar-refractivity contribution in [2.45, 2.75) is 57.3 Å². The Kier molecular flexibility index (Phi) is 4.54. The molecule has 3 heterocycles. The van der Waals surface area contributed by atoms with Gasteiger partial charge < -0.3 is 4.90 Å². The molecule has 1 aliphatic carbocycles. The number of alkyl halides is 3. The van der Waals surface area contributed by atoms with Gasteiger partial charge in [-0.2, -0.15) is 18.3 Å². The first-order chi connectivity index (χ1) is 12.4. The van der Waals surface area contributed by atoms with Gasteiger partial charge in [0.1, 0.15) is 6.54 Å². The Bertz CT molecular complexity index is 797. The van der Waals surface area contributed by atoms with E-state index in [1.165, 1.54) is 4.68 Å². The molecule has 0 bridgehead atoms. The SMILES string of the molecule is O=C(Cn1nc(C(F)(F)F)c2c1CCCC2)N1CCC[C@H]1c1cccs1. The molecule has 26 heavy (non-hydrogen) atoms.